The maximum Gasteiger partial charge on any atom is 0.245 e. The fourth-order valence-electron chi connectivity index (χ4n) is 3.06. The van der Waals surface area contributed by atoms with E-state index in [0.29, 0.717) is 0 Å². The molecular weight excluding hydrogens is 242 g/mol. The quantitative estimate of drug-likeness (QED) is 0.734. The van der Waals surface area contributed by atoms with Crippen LogP contribution in [0.5, 0.6) is 0 Å². The van der Waals surface area contributed by atoms with Crippen molar-refractivity contribution in [2.45, 2.75) is 39.2 Å². The lowest BCUT2D eigenvalue weighted by Crippen LogP contribution is -2.56. The molecule has 5 heteroatoms. The first-order chi connectivity index (χ1) is 9.13. The van der Waals surface area contributed by atoms with Crippen molar-refractivity contribution < 1.29 is 9.59 Å². The van der Waals surface area contributed by atoms with E-state index in [1.54, 1.807) is 11.8 Å². The van der Waals surface area contributed by atoms with E-state index in [2.05, 4.69) is 11.8 Å². The molecule has 2 saturated heterocycles. The van der Waals surface area contributed by atoms with Crippen LogP contribution in [0.3, 0.4) is 0 Å². The molecule has 1 atom stereocenters. The van der Waals surface area contributed by atoms with Gasteiger partial charge in [-0.1, -0.05) is 6.92 Å². The predicted octanol–water partition coefficient (Wildman–Crippen LogP) is 0.551. The molecular formula is C14H25N3O2. The zero-order chi connectivity index (χ0) is 13.8. The molecule has 2 aliphatic heterocycles. The van der Waals surface area contributed by atoms with Gasteiger partial charge in [-0.05, 0) is 25.8 Å². The summed E-state index contributed by atoms with van der Waals surface area (Å²) in [5, 5.41) is 0. The van der Waals surface area contributed by atoms with Crippen molar-refractivity contribution >= 4 is 11.8 Å². The lowest BCUT2D eigenvalue weighted by atomic mass is 10.0. The largest absolute Gasteiger partial charge is 0.338 e. The third kappa shape index (κ3) is 3.26. The minimum atomic E-state index is -0.209. The van der Waals surface area contributed by atoms with Crippen LogP contribution in [0, 0.1) is 0 Å². The Labute approximate surface area is 115 Å². The Hall–Kier alpha value is -1.10. The molecule has 2 rings (SSSR count). The van der Waals surface area contributed by atoms with Gasteiger partial charge in [0.25, 0.3) is 0 Å². The fraction of sp³-hybridized carbons (Fsp3) is 0.857. The smallest absolute Gasteiger partial charge is 0.245 e. The van der Waals surface area contributed by atoms with Crippen LogP contribution in [0.1, 0.15) is 33.1 Å². The number of nitrogens with zero attached hydrogens (tertiary/aromatic N) is 3. The SMILES string of the molecule is CCN1CCN(C(=O)C2CCCCN2C(C)=O)CC1. The Morgan fingerprint density at radius 2 is 1.74 bits per heavy atom. The average molecular weight is 267 g/mol. The molecule has 0 aliphatic carbocycles. The highest BCUT2D eigenvalue weighted by molar-refractivity contribution is 5.87. The third-order valence-corrected chi connectivity index (χ3v) is 4.32. The maximum atomic E-state index is 12.6. The molecule has 108 valence electrons. The van der Waals surface area contributed by atoms with Crippen molar-refractivity contribution in [2.24, 2.45) is 0 Å². The molecule has 2 aliphatic rings. The standard InChI is InChI=1S/C14H25N3O2/c1-3-15-8-10-16(11-9-15)14(19)13-6-4-5-7-17(13)12(2)18/h13H,3-11H2,1-2H3. The van der Waals surface area contributed by atoms with E-state index in [1.165, 1.54) is 0 Å². The number of likely N-dealkylation sites (tertiary alicyclic amines) is 1. The zero-order valence-electron chi connectivity index (χ0n) is 12.1. The van der Waals surface area contributed by atoms with E-state index < -0.39 is 0 Å². The number of hydrogen-bond acceptors (Lipinski definition) is 3. The summed E-state index contributed by atoms with van der Waals surface area (Å²) in [5.74, 6) is 0.191. The van der Waals surface area contributed by atoms with Crippen molar-refractivity contribution in [3.63, 3.8) is 0 Å². The Morgan fingerprint density at radius 1 is 1.05 bits per heavy atom. The van der Waals surface area contributed by atoms with Crippen LogP contribution in [-0.2, 0) is 9.59 Å². The number of hydrogen-bond donors (Lipinski definition) is 0. The molecule has 2 fully saturated rings. The summed E-state index contributed by atoms with van der Waals surface area (Å²) in [6, 6.07) is -0.209. The maximum absolute atomic E-state index is 12.6. The minimum Gasteiger partial charge on any atom is -0.338 e. The van der Waals surface area contributed by atoms with Gasteiger partial charge in [-0.15, -0.1) is 0 Å². The molecule has 0 spiro atoms. The lowest BCUT2D eigenvalue weighted by Gasteiger charge is -2.40. The Morgan fingerprint density at radius 3 is 2.32 bits per heavy atom. The van der Waals surface area contributed by atoms with Gasteiger partial charge in [0, 0.05) is 39.6 Å². The minimum absolute atomic E-state index is 0.0326. The van der Waals surface area contributed by atoms with Crippen molar-refractivity contribution in [1.29, 1.82) is 0 Å². The highest BCUT2D eigenvalue weighted by atomic mass is 16.2. The second-order valence-corrected chi connectivity index (χ2v) is 5.48. The molecule has 2 amide bonds. The van der Waals surface area contributed by atoms with Gasteiger partial charge >= 0.3 is 0 Å². The van der Waals surface area contributed by atoms with Gasteiger partial charge in [-0.3, -0.25) is 9.59 Å². The summed E-state index contributed by atoms with van der Waals surface area (Å²) in [6.45, 7) is 9.01. The number of likely N-dealkylation sites (N-methyl/N-ethyl adjacent to an activating group) is 1. The first-order valence-electron chi connectivity index (χ1n) is 7.42. The van der Waals surface area contributed by atoms with Gasteiger partial charge in [-0.2, -0.15) is 0 Å². The van der Waals surface area contributed by atoms with E-state index in [-0.39, 0.29) is 17.9 Å². The van der Waals surface area contributed by atoms with Crippen LogP contribution in [0.2, 0.25) is 0 Å². The molecule has 2 heterocycles. The molecule has 1 unspecified atom stereocenters. The first kappa shape index (κ1) is 14.3. The Bertz CT molecular complexity index is 338. The highest BCUT2D eigenvalue weighted by Gasteiger charge is 2.34. The number of piperidine rings is 1. The van der Waals surface area contributed by atoms with Crippen LogP contribution in [0.4, 0.5) is 0 Å². The van der Waals surface area contributed by atoms with Crippen LogP contribution < -0.4 is 0 Å². The van der Waals surface area contributed by atoms with Crippen LogP contribution in [0.15, 0.2) is 0 Å². The van der Waals surface area contributed by atoms with E-state index in [1.807, 2.05) is 4.90 Å². The number of carbonyl (C=O) groups is 2. The van der Waals surface area contributed by atoms with Crippen LogP contribution in [0.25, 0.3) is 0 Å². The van der Waals surface area contributed by atoms with E-state index in [9.17, 15) is 9.59 Å². The second-order valence-electron chi connectivity index (χ2n) is 5.48. The molecule has 0 N–H and O–H groups in total. The second kappa shape index (κ2) is 6.37. The third-order valence-electron chi connectivity index (χ3n) is 4.32. The van der Waals surface area contributed by atoms with Gasteiger partial charge in [0.1, 0.15) is 6.04 Å². The molecule has 0 saturated carbocycles. The normalized spacial score (nSPS) is 25.5. The number of piperazine rings is 1. The van der Waals surface area contributed by atoms with Crippen molar-refractivity contribution in [3.8, 4) is 0 Å². The zero-order valence-corrected chi connectivity index (χ0v) is 12.1. The topological polar surface area (TPSA) is 43.9 Å². The molecule has 19 heavy (non-hydrogen) atoms. The van der Waals surface area contributed by atoms with Crippen molar-refractivity contribution in [3.05, 3.63) is 0 Å². The Kier molecular flexibility index (Phi) is 4.80. The lowest BCUT2D eigenvalue weighted by molar-refractivity contribution is -0.147. The molecule has 0 aromatic rings. The number of rotatable bonds is 2. The van der Waals surface area contributed by atoms with E-state index >= 15 is 0 Å². The molecule has 0 radical (unpaired) electrons. The summed E-state index contributed by atoms with van der Waals surface area (Å²) >= 11 is 0. The van der Waals surface area contributed by atoms with Gasteiger partial charge in [0.15, 0.2) is 0 Å². The van der Waals surface area contributed by atoms with E-state index in [4.69, 9.17) is 0 Å². The average Bonchev–Trinajstić information content (AvgIpc) is 2.46. The number of amides is 2. The summed E-state index contributed by atoms with van der Waals surface area (Å²) in [7, 11) is 0. The van der Waals surface area contributed by atoms with Crippen molar-refractivity contribution in [2.75, 3.05) is 39.3 Å². The van der Waals surface area contributed by atoms with Gasteiger partial charge in [0.2, 0.25) is 11.8 Å². The Balaban J connectivity index is 1.96. The first-order valence-corrected chi connectivity index (χ1v) is 7.42. The predicted molar refractivity (Wildman–Crippen MR) is 73.7 cm³/mol. The van der Waals surface area contributed by atoms with Gasteiger partial charge < -0.3 is 14.7 Å². The number of carbonyl (C=O) groups excluding carboxylic acids is 2. The van der Waals surface area contributed by atoms with Gasteiger partial charge in [-0.25, -0.2) is 0 Å². The van der Waals surface area contributed by atoms with Crippen LogP contribution >= 0.6 is 0 Å². The van der Waals surface area contributed by atoms with E-state index in [0.717, 1.165) is 58.5 Å². The monoisotopic (exact) mass is 267 g/mol. The molecule has 0 aromatic heterocycles. The van der Waals surface area contributed by atoms with Gasteiger partial charge in [0.05, 0.1) is 0 Å². The summed E-state index contributed by atoms with van der Waals surface area (Å²) in [4.78, 5) is 30.3. The van der Waals surface area contributed by atoms with Crippen LogP contribution in [-0.4, -0.2) is 71.8 Å². The highest BCUT2D eigenvalue weighted by Crippen LogP contribution is 2.19. The van der Waals surface area contributed by atoms with Crippen molar-refractivity contribution in [1.82, 2.24) is 14.7 Å². The fourth-order valence-corrected chi connectivity index (χ4v) is 3.06. The summed E-state index contributed by atoms with van der Waals surface area (Å²) in [5.41, 5.74) is 0. The summed E-state index contributed by atoms with van der Waals surface area (Å²) < 4.78 is 0. The molecule has 0 aromatic carbocycles. The summed E-state index contributed by atoms with van der Waals surface area (Å²) in [6.07, 6.45) is 2.90. The molecule has 0 bridgehead atoms. The molecule has 5 nitrogen and oxygen atoms in total.